The highest BCUT2D eigenvalue weighted by Crippen LogP contribution is 2.28. The molecule has 0 N–H and O–H groups in total. The number of methoxy groups -OCH3 is 2. The van der Waals surface area contributed by atoms with Gasteiger partial charge in [-0.25, -0.2) is 0 Å². The number of aryl methyl sites for hydroxylation is 1. The van der Waals surface area contributed by atoms with Gasteiger partial charge in [0.15, 0.2) is 11.5 Å². The molecule has 0 fully saturated rings. The fourth-order valence-electron chi connectivity index (χ4n) is 2.39. The summed E-state index contributed by atoms with van der Waals surface area (Å²) in [5.41, 5.74) is 1.11. The van der Waals surface area contributed by atoms with E-state index in [-0.39, 0.29) is 11.5 Å². The molecule has 0 bridgehead atoms. The van der Waals surface area contributed by atoms with Crippen LogP contribution in [-0.2, 0) is 13.6 Å². The van der Waals surface area contributed by atoms with E-state index in [4.69, 9.17) is 9.47 Å². The molecule has 24 heavy (non-hydrogen) atoms. The lowest BCUT2D eigenvalue weighted by Crippen LogP contribution is -2.31. The molecule has 128 valence electrons. The van der Waals surface area contributed by atoms with Crippen molar-refractivity contribution in [3.8, 4) is 11.5 Å². The minimum Gasteiger partial charge on any atom is -0.493 e. The fraction of sp³-hybridized carbons (Fsp3) is 0.333. The molecule has 0 atom stereocenters. The summed E-state index contributed by atoms with van der Waals surface area (Å²) in [5, 5.41) is 0. The molecule has 0 aliphatic carbocycles. The molecule has 1 amide bonds. The first-order chi connectivity index (χ1) is 11.5. The number of carbonyl (C=O) groups excluding carboxylic acids is 1. The Morgan fingerprint density at radius 1 is 1.12 bits per heavy atom. The number of nitrogens with zero attached hydrogens (tertiary/aromatic N) is 2. The molecule has 0 saturated heterocycles. The van der Waals surface area contributed by atoms with E-state index in [0.717, 1.165) is 5.56 Å². The highest BCUT2D eigenvalue weighted by molar-refractivity contribution is 5.94. The third-order valence-corrected chi connectivity index (χ3v) is 3.84. The van der Waals surface area contributed by atoms with Gasteiger partial charge in [0.25, 0.3) is 11.5 Å². The summed E-state index contributed by atoms with van der Waals surface area (Å²) in [6.45, 7) is 2.85. The number of amides is 1. The van der Waals surface area contributed by atoms with Crippen molar-refractivity contribution in [1.82, 2.24) is 9.47 Å². The van der Waals surface area contributed by atoms with Crippen molar-refractivity contribution in [2.24, 2.45) is 7.05 Å². The summed E-state index contributed by atoms with van der Waals surface area (Å²) in [4.78, 5) is 26.0. The molecular weight excluding hydrogens is 308 g/mol. The van der Waals surface area contributed by atoms with E-state index in [1.165, 1.54) is 10.6 Å². The smallest absolute Gasteiger partial charge is 0.254 e. The number of ether oxygens (including phenoxy) is 2. The molecular formula is C18H22N2O4. The molecule has 2 aromatic rings. The van der Waals surface area contributed by atoms with Crippen LogP contribution in [0.4, 0.5) is 0 Å². The fourth-order valence-corrected chi connectivity index (χ4v) is 2.39. The number of hydrogen-bond acceptors (Lipinski definition) is 4. The Morgan fingerprint density at radius 3 is 2.42 bits per heavy atom. The van der Waals surface area contributed by atoms with Crippen LogP contribution in [0.15, 0.2) is 41.3 Å². The highest BCUT2D eigenvalue weighted by Gasteiger charge is 2.16. The predicted octanol–water partition coefficient (Wildman–Crippen LogP) is 2.06. The lowest BCUT2D eigenvalue weighted by Gasteiger charge is -2.21. The van der Waals surface area contributed by atoms with E-state index >= 15 is 0 Å². The Labute approximate surface area is 141 Å². The number of hydrogen-bond donors (Lipinski definition) is 0. The second-order valence-electron chi connectivity index (χ2n) is 5.37. The molecule has 0 spiro atoms. The highest BCUT2D eigenvalue weighted by atomic mass is 16.5. The minimum atomic E-state index is -0.206. The summed E-state index contributed by atoms with van der Waals surface area (Å²) in [7, 11) is 4.80. The van der Waals surface area contributed by atoms with Crippen LogP contribution in [0, 0.1) is 0 Å². The minimum absolute atomic E-state index is 0.176. The zero-order valence-electron chi connectivity index (χ0n) is 14.4. The Kier molecular flexibility index (Phi) is 5.63. The third kappa shape index (κ3) is 3.76. The Balaban J connectivity index is 2.24. The number of benzene rings is 1. The topological polar surface area (TPSA) is 60.8 Å². The van der Waals surface area contributed by atoms with Gasteiger partial charge in [-0.15, -0.1) is 0 Å². The quantitative estimate of drug-likeness (QED) is 0.813. The number of carbonyl (C=O) groups is 1. The van der Waals surface area contributed by atoms with Crippen LogP contribution in [0.25, 0.3) is 0 Å². The maximum atomic E-state index is 12.6. The van der Waals surface area contributed by atoms with Crippen molar-refractivity contribution >= 4 is 5.91 Å². The van der Waals surface area contributed by atoms with Gasteiger partial charge in [-0.2, -0.15) is 0 Å². The summed E-state index contributed by atoms with van der Waals surface area (Å²) in [5.74, 6) is 1.08. The average Bonchev–Trinajstić information content (AvgIpc) is 2.61. The van der Waals surface area contributed by atoms with Gasteiger partial charge in [-0.1, -0.05) is 6.07 Å². The Hall–Kier alpha value is -2.76. The van der Waals surface area contributed by atoms with Gasteiger partial charge in [0.2, 0.25) is 0 Å². The molecule has 1 heterocycles. The van der Waals surface area contributed by atoms with Crippen molar-refractivity contribution in [3.05, 3.63) is 58.0 Å². The van der Waals surface area contributed by atoms with Gasteiger partial charge in [-0.3, -0.25) is 9.59 Å². The summed E-state index contributed by atoms with van der Waals surface area (Å²) in [6.07, 6.45) is 1.60. The van der Waals surface area contributed by atoms with Gasteiger partial charge in [0.05, 0.1) is 14.2 Å². The Bertz CT molecular complexity index is 783. The van der Waals surface area contributed by atoms with Gasteiger partial charge in [0.1, 0.15) is 0 Å². The summed E-state index contributed by atoms with van der Waals surface area (Å²) < 4.78 is 11.9. The average molecular weight is 330 g/mol. The normalized spacial score (nSPS) is 10.3. The first-order valence-electron chi connectivity index (χ1n) is 7.67. The van der Waals surface area contributed by atoms with Gasteiger partial charge >= 0.3 is 0 Å². The van der Waals surface area contributed by atoms with Crippen LogP contribution in [0.2, 0.25) is 0 Å². The second kappa shape index (κ2) is 7.68. The molecule has 2 rings (SSSR count). The van der Waals surface area contributed by atoms with Crippen LogP contribution in [0.1, 0.15) is 22.8 Å². The van der Waals surface area contributed by atoms with Crippen LogP contribution in [0.3, 0.4) is 0 Å². The molecule has 1 aromatic heterocycles. The first kappa shape index (κ1) is 17.6. The van der Waals surface area contributed by atoms with E-state index in [1.807, 2.05) is 25.1 Å². The standard InChI is InChI=1S/C18H22N2O4/c1-5-20(18(22)14-8-9-19(2)17(21)11-14)12-13-6-7-15(23-3)16(10-13)24-4/h6-11H,5,12H2,1-4H3. The predicted molar refractivity (Wildman–Crippen MR) is 91.6 cm³/mol. The SMILES string of the molecule is CCN(Cc1ccc(OC)c(OC)c1)C(=O)c1ccn(C)c(=O)c1. The lowest BCUT2D eigenvalue weighted by molar-refractivity contribution is 0.0752. The van der Waals surface area contributed by atoms with E-state index in [0.29, 0.717) is 30.2 Å². The number of pyridine rings is 1. The molecule has 0 aliphatic heterocycles. The zero-order valence-corrected chi connectivity index (χ0v) is 14.4. The van der Waals surface area contributed by atoms with E-state index < -0.39 is 0 Å². The van der Waals surface area contributed by atoms with E-state index in [2.05, 4.69) is 0 Å². The number of rotatable bonds is 6. The summed E-state index contributed by atoms with van der Waals surface area (Å²) >= 11 is 0. The van der Waals surface area contributed by atoms with Crippen molar-refractivity contribution in [1.29, 1.82) is 0 Å². The van der Waals surface area contributed by atoms with Gasteiger partial charge in [0, 0.05) is 38.0 Å². The van der Waals surface area contributed by atoms with Crippen LogP contribution >= 0.6 is 0 Å². The second-order valence-corrected chi connectivity index (χ2v) is 5.37. The first-order valence-corrected chi connectivity index (χ1v) is 7.67. The van der Waals surface area contributed by atoms with Crippen molar-refractivity contribution in [2.45, 2.75) is 13.5 Å². The largest absolute Gasteiger partial charge is 0.493 e. The molecule has 0 aliphatic rings. The Morgan fingerprint density at radius 2 is 1.83 bits per heavy atom. The van der Waals surface area contributed by atoms with Crippen molar-refractivity contribution < 1.29 is 14.3 Å². The molecule has 6 heteroatoms. The molecule has 1 aromatic carbocycles. The van der Waals surface area contributed by atoms with E-state index in [1.54, 1.807) is 38.4 Å². The van der Waals surface area contributed by atoms with Crippen LogP contribution < -0.4 is 15.0 Å². The molecule has 0 unspecified atom stereocenters. The zero-order chi connectivity index (χ0) is 17.7. The molecule has 0 radical (unpaired) electrons. The van der Waals surface area contributed by atoms with E-state index in [9.17, 15) is 9.59 Å². The van der Waals surface area contributed by atoms with Crippen molar-refractivity contribution in [2.75, 3.05) is 20.8 Å². The maximum absolute atomic E-state index is 12.6. The lowest BCUT2D eigenvalue weighted by atomic mass is 10.1. The number of aromatic nitrogens is 1. The molecule has 0 saturated carbocycles. The summed E-state index contributed by atoms with van der Waals surface area (Å²) in [6, 6.07) is 8.56. The monoisotopic (exact) mass is 330 g/mol. The van der Waals surface area contributed by atoms with Crippen molar-refractivity contribution in [3.63, 3.8) is 0 Å². The van der Waals surface area contributed by atoms with Crippen LogP contribution in [0.5, 0.6) is 11.5 Å². The van der Waals surface area contributed by atoms with Gasteiger partial charge in [-0.05, 0) is 30.7 Å². The third-order valence-electron chi connectivity index (χ3n) is 3.84. The van der Waals surface area contributed by atoms with Gasteiger partial charge < -0.3 is 18.9 Å². The maximum Gasteiger partial charge on any atom is 0.254 e. The molecule has 6 nitrogen and oxygen atoms in total. The van der Waals surface area contributed by atoms with Crippen LogP contribution in [-0.4, -0.2) is 36.1 Å².